The molecule has 23 heavy (non-hydrogen) atoms. The zero-order valence-corrected chi connectivity index (χ0v) is 13.0. The van der Waals surface area contributed by atoms with Crippen LogP contribution in [-0.2, 0) is 23.7 Å². The van der Waals surface area contributed by atoms with Gasteiger partial charge in [0.25, 0.3) is 0 Å². The third kappa shape index (κ3) is 3.03. The standard InChI is InChI=1S/C15H22O8/c1-3-7-10(16)9(5-6-19-7)21-14-11(17)13-12(8(4-2)20-14)22-15(18)23-13/h5-14,16-17H,3-4H2,1-2H3/t7?,8?,9-,10-,11?,12+,13-,14+/m1/s1. The highest BCUT2D eigenvalue weighted by molar-refractivity contribution is 5.63. The summed E-state index contributed by atoms with van der Waals surface area (Å²) >= 11 is 0. The molecule has 0 amide bonds. The summed E-state index contributed by atoms with van der Waals surface area (Å²) in [5, 5.41) is 20.6. The van der Waals surface area contributed by atoms with E-state index >= 15 is 0 Å². The number of hydrogen-bond acceptors (Lipinski definition) is 8. The maximum absolute atomic E-state index is 11.3. The van der Waals surface area contributed by atoms with Crippen molar-refractivity contribution in [2.24, 2.45) is 0 Å². The van der Waals surface area contributed by atoms with E-state index in [1.807, 2.05) is 13.8 Å². The third-order valence-corrected chi connectivity index (χ3v) is 4.41. The van der Waals surface area contributed by atoms with Gasteiger partial charge in [-0.2, -0.15) is 0 Å². The number of carbonyl (C=O) groups excluding carboxylic acids is 1. The minimum Gasteiger partial charge on any atom is -0.495 e. The van der Waals surface area contributed by atoms with Crippen molar-refractivity contribution < 1.29 is 38.7 Å². The van der Waals surface area contributed by atoms with Gasteiger partial charge in [0.1, 0.15) is 30.5 Å². The molecular weight excluding hydrogens is 308 g/mol. The average molecular weight is 330 g/mol. The molecule has 8 nitrogen and oxygen atoms in total. The van der Waals surface area contributed by atoms with Crippen molar-refractivity contribution in [3.05, 3.63) is 12.3 Å². The van der Waals surface area contributed by atoms with Gasteiger partial charge in [-0.15, -0.1) is 0 Å². The zero-order valence-electron chi connectivity index (χ0n) is 13.0. The Morgan fingerprint density at radius 2 is 1.78 bits per heavy atom. The van der Waals surface area contributed by atoms with Gasteiger partial charge in [0.15, 0.2) is 18.5 Å². The molecule has 3 heterocycles. The number of fused-ring (bicyclic) bond motifs is 1. The summed E-state index contributed by atoms with van der Waals surface area (Å²) in [7, 11) is 0. The van der Waals surface area contributed by atoms with Gasteiger partial charge >= 0.3 is 6.16 Å². The molecule has 2 fully saturated rings. The Bertz CT molecular complexity index is 466. The second kappa shape index (κ2) is 6.64. The van der Waals surface area contributed by atoms with Gasteiger partial charge in [-0.3, -0.25) is 0 Å². The molecular formula is C15H22O8. The molecule has 2 saturated heterocycles. The molecule has 0 radical (unpaired) electrons. The molecule has 0 spiro atoms. The molecule has 0 aromatic rings. The van der Waals surface area contributed by atoms with E-state index in [1.165, 1.54) is 6.26 Å². The van der Waals surface area contributed by atoms with Gasteiger partial charge < -0.3 is 33.9 Å². The molecule has 0 aromatic heterocycles. The highest BCUT2D eigenvalue weighted by atomic mass is 16.8. The molecule has 0 saturated carbocycles. The van der Waals surface area contributed by atoms with Gasteiger partial charge in [-0.05, 0) is 18.9 Å². The zero-order chi connectivity index (χ0) is 16.6. The van der Waals surface area contributed by atoms with Gasteiger partial charge in [0.2, 0.25) is 0 Å². The molecule has 8 atom stereocenters. The van der Waals surface area contributed by atoms with Crippen molar-refractivity contribution in [1.82, 2.24) is 0 Å². The highest BCUT2D eigenvalue weighted by Gasteiger charge is 2.54. The number of aliphatic hydroxyl groups excluding tert-OH is 2. The second-order valence-electron chi connectivity index (χ2n) is 5.86. The van der Waals surface area contributed by atoms with Crippen LogP contribution in [0.15, 0.2) is 12.3 Å². The minimum absolute atomic E-state index is 0.381. The first-order chi connectivity index (χ1) is 11.0. The van der Waals surface area contributed by atoms with Gasteiger partial charge in [0, 0.05) is 0 Å². The number of aliphatic hydroxyl groups is 2. The van der Waals surface area contributed by atoms with E-state index in [1.54, 1.807) is 6.08 Å². The van der Waals surface area contributed by atoms with Crippen LogP contribution in [0.3, 0.4) is 0 Å². The van der Waals surface area contributed by atoms with Crippen LogP contribution in [0, 0.1) is 0 Å². The molecule has 3 rings (SSSR count). The van der Waals surface area contributed by atoms with Gasteiger partial charge in [-0.25, -0.2) is 4.79 Å². The summed E-state index contributed by atoms with van der Waals surface area (Å²) in [6, 6.07) is 0. The predicted molar refractivity (Wildman–Crippen MR) is 75.3 cm³/mol. The normalized spacial score (nSPS) is 45.8. The summed E-state index contributed by atoms with van der Waals surface area (Å²) < 4.78 is 26.8. The molecule has 0 bridgehead atoms. The average Bonchev–Trinajstić information content (AvgIpc) is 2.94. The molecule has 3 aliphatic rings. The van der Waals surface area contributed by atoms with Crippen molar-refractivity contribution >= 4 is 6.16 Å². The maximum atomic E-state index is 11.3. The Morgan fingerprint density at radius 1 is 1.09 bits per heavy atom. The Labute approximate surface area is 133 Å². The van der Waals surface area contributed by atoms with Crippen molar-refractivity contribution in [2.75, 3.05) is 0 Å². The lowest BCUT2D eigenvalue weighted by Crippen LogP contribution is -2.58. The van der Waals surface area contributed by atoms with Crippen molar-refractivity contribution in [2.45, 2.75) is 75.7 Å². The summed E-state index contributed by atoms with van der Waals surface area (Å²) in [5.74, 6) is 0. The van der Waals surface area contributed by atoms with E-state index in [2.05, 4.69) is 0 Å². The minimum atomic E-state index is -1.20. The maximum Gasteiger partial charge on any atom is 0.509 e. The first-order valence-corrected chi connectivity index (χ1v) is 7.91. The number of ether oxygens (including phenoxy) is 5. The van der Waals surface area contributed by atoms with E-state index in [9.17, 15) is 15.0 Å². The quantitative estimate of drug-likeness (QED) is 0.716. The molecule has 0 aromatic carbocycles. The van der Waals surface area contributed by atoms with Crippen molar-refractivity contribution in [3.8, 4) is 0 Å². The molecule has 2 N–H and O–H groups in total. The van der Waals surface area contributed by atoms with E-state index in [-0.39, 0.29) is 6.10 Å². The van der Waals surface area contributed by atoms with Gasteiger partial charge in [0.05, 0.1) is 6.26 Å². The summed E-state index contributed by atoms with van der Waals surface area (Å²) in [6.45, 7) is 3.77. The molecule has 8 heteroatoms. The van der Waals surface area contributed by atoms with Crippen LogP contribution < -0.4 is 0 Å². The van der Waals surface area contributed by atoms with E-state index in [0.29, 0.717) is 12.8 Å². The van der Waals surface area contributed by atoms with Crippen molar-refractivity contribution in [1.29, 1.82) is 0 Å². The highest BCUT2D eigenvalue weighted by Crippen LogP contribution is 2.33. The lowest BCUT2D eigenvalue weighted by Gasteiger charge is -2.41. The lowest BCUT2D eigenvalue weighted by molar-refractivity contribution is -0.296. The van der Waals surface area contributed by atoms with Crippen LogP contribution in [0.4, 0.5) is 4.79 Å². The summed E-state index contributed by atoms with van der Waals surface area (Å²) in [4.78, 5) is 11.3. The lowest BCUT2D eigenvalue weighted by atomic mass is 9.97. The third-order valence-electron chi connectivity index (χ3n) is 4.41. The number of hydrogen-bond donors (Lipinski definition) is 2. The van der Waals surface area contributed by atoms with Gasteiger partial charge in [-0.1, -0.05) is 13.8 Å². The largest absolute Gasteiger partial charge is 0.509 e. The van der Waals surface area contributed by atoms with E-state index < -0.39 is 49.1 Å². The number of carbonyl (C=O) groups is 1. The fourth-order valence-electron chi connectivity index (χ4n) is 3.11. The number of rotatable bonds is 4. The Balaban J connectivity index is 1.71. The van der Waals surface area contributed by atoms with Crippen molar-refractivity contribution in [3.63, 3.8) is 0 Å². The Hall–Kier alpha value is -1.35. The fourth-order valence-corrected chi connectivity index (χ4v) is 3.11. The predicted octanol–water partition coefficient (Wildman–Crippen LogP) is 0.455. The first kappa shape index (κ1) is 16.5. The molecule has 3 aliphatic heterocycles. The SMILES string of the molecule is CCC1OC=C[C@@H](O[C@@H]2OC(CC)[C@@H]3OC(=O)O[C@@H]3C2O)[C@@H]1O. The van der Waals surface area contributed by atoms with Crippen LogP contribution in [0.5, 0.6) is 0 Å². The fraction of sp³-hybridized carbons (Fsp3) is 0.800. The molecule has 3 unspecified atom stereocenters. The Morgan fingerprint density at radius 3 is 2.48 bits per heavy atom. The van der Waals surface area contributed by atoms with Crippen LogP contribution in [-0.4, -0.2) is 65.4 Å². The summed E-state index contributed by atoms with van der Waals surface area (Å²) in [6.07, 6.45) is -2.70. The molecule has 0 aliphatic carbocycles. The first-order valence-electron chi connectivity index (χ1n) is 7.91. The van der Waals surface area contributed by atoms with E-state index in [0.717, 1.165) is 0 Å². The van der Waals surface area contributed by atoms with Crippen LogP contribution in [0.1, 0.15) is 26.7 Å². The Kier molecular flexibility index (Phi) is 4.77. The topological polar surface area (TPSA) is 104 Å². The summed E-state index contributed by atoms with van der Waals surface area (Å²) in [5.41, 5.74) is 0. The van der Waals surface area contributed by atoms with Crippen LogP contribution >= 0.6 is 0 Å². The van der Waals surface area contributed by atoms with E-state index in [4.69, 9.17) is 23.7 Å². The van der Waals surface area contributed by atoms with Crippen LogP contribution in [0.2, 0.25) is 0 Å². The monoisotopic (exact) mass is 330 g/mol. The van der Waals surface area contributed by atoms with Crippen LogP contribution in [0.25, 0.3) is 0 Å². The second-order valence-corrected chi connectivity index (χ2v) is 5.86. The molecule has 130 valence electrons. The smallest absolute Gasteiger partial charge is 0.495 e.